The number of aliphatic hydroxyl groups is 1. The zero-order chi connectivity index (χ0) is 28.6. The minimum Gasteiger partial charge on any atom is -0.397 e. The number of anilines is 6. The molecular formula is C25H20ClN7O6S. The molecule has 0 radical (unpaired) electrons. The van der Waals surface area contributed by atoms with Crippen molar-refractivity contribution in [2.24, 2.45) is 0 Å². The minimum atomic E-state index is -4.84. The third kappa shape index (κ3) is 5.15. The molecule has 40 heavy (non-hydrogen) atoms. The number of carbonyl (C=O) groups is 2. The molecule has 0 atom stereocenters. The lowest BCUT2D eigenvalue weighted by Crippen LogP contribution is -2.25. The number of aliphatic hydroxyl groups excluding tert-OH is 1. The van der Waals surface area contributed by atoms with Gasteiger partial charge in [-0.2, -0.15) is 23.4 Å². The summed E-state index contributed by atoms with van der Waals surface area (Å²) >= 11 is 5.94. The topological polar surface area (TPSA) is 210 Å². The van der Waals surface area contributed by atoms with Gasteiger partial charge in [0.25, 0.3) is 10.1 Å². The van der Waals surface area contributed by atoms with E-state index < -0.39 is 32.3 Å². The number of fused-ring (bicyclic) bond motifs is 2. The van der Waals surface area contributed by atoms with E-state index in [-0.39, 0.29) is 58.3 Å². The fourth-order valence-electron chi connectivity index (χ4n) is 4.18. The number of aromatic nitrogens is 3. The molecule has 0 aliphatic heterocycles. The van der Waals surface area contributed by atoms with Crippen molar-refractivity contribution >= 4 is 67.9 Å². The number of nitrogens with one attached hydrogen (secondary N) is 3. The van der Waals surface area contributed by atoms with Crippen LogP contribution in [0, 0.1) is 0 Å². The number of nitrogens with two attached hydrogens (primary N) is 1. The van der Waals surface area contributed by atoms with Crippen molar-refractivity contribution in [3.8, 4) is 0 Å². The fourth-order valence-corrected chi connectivity index (χ4v) is 4.99. The smallest absolute Gasteiger partial charge is 0.296 e. The van der Waals surface area contributed by atoms with Gasteiger partial charge in [0, 0.05) is 29.0 Å². The van der Waals surface area contributed by atoms with Gasteiger partial charge in [-0.25, -0.2) is 0 Å². The van der Waals surface area contributed by atoms with Gasteiger partial charge in [-0.15, -0.1) is 0 Å². The van der Waals surface area contributed by atoms with E-state index >= 15 is 0 Å². The Labute approximate surface area is 232 Å². The van der Waals surface area contributed by atoms with Crippen molar-refractivity contribution in [1.29, 1.82) is 0 Å². The molecule has 0 saturated carbocycles. The first-order valence-electron chi connectivity index (χ1n) is 11.6. The average molecular weight is 582 g/mol. The monoisotopic (exact) mass is 581 g/mol. The second-order valence-electron chi connectivity index (χ2n) is 8.49. The maximum atomic E-state index is 13.4. The number of ketones is 2. The third-order valence-electron chi connectivity index (χ3n) is 5.90. The molecule has 5 rings (SSSR count). The summed E-state index contributed by atoms with van der Waals surface area (Å²) in [5.41, 5.74) is 6.22. The molecule has 1 aromatic heterocycles. The van der Waals surface area contributed by atoms with E-state index in [0.717, 1.165) is 6.07 Å². The van der Waals surface area contributed by atoms with Crippen LogP contribution in [-0.2, 0) is 10.1 Å². The molecule has 13 nitrogen and oxygen atoms in total. The van der Waals surface area contributed by atoms with Gasteiger partial charge in [0.1, 0.15) is 4.90 Å². The summed E-state index contributed by atoms with van der Waals surface area (Å²) in [6.07, 6.45) is 0. The highest BCUT2D eigenvalue weighted by Crippen LogP contribution is 2.40. The SMILES string of the molecule is Nc1c(S(=O)(=O)O)cc(Nc2ccc(Nc3nc(Cl)nc(NCCO)n3)cc2)c2c1C(=O)c1ccccc1C2=O. The van der Waals surface area contributed by atoms with Gasteiger partial charge >= 0.3 is 0 Å². The van der Waals surface area contributed by atoms with Crippen molar-refractivity contribution in [3.63, 3.8) is 0 Å². The van der Waals surface area contributed by atoms with Gasteiger partial charge in [0.05, 0.1) is 29.1 Å². The molecule has 0 unspecified atom stereocenters. The molecule has 7 N–H and O–H groups in total. The summed E-state index contributed by atoms with van der Waals surface area (Å²) < 4.78 is 34.0. The number of carbonyl (C=O) groups excluding carboxylic acids is 2. The first-order chi connectivity index (χ1) is 19.1. The second kappa shape index (κ2) is 10.5. The van der Waals surface area contributed by atoms with E-state index in [0.29, 0.717) is 11.4 Å². The summed E-state index contributed by atoms with van der Waals surface area (Å²) in [5.74, 6) is -0.871. The lowest BCUT2D eigenvalue weighted by Gasteiger charge is -2.23. The fraction of sp³-hybridized carbons (Fsp3) is 0.0800. The first-order valence-corrected chi connectivity index (χ1v) is 13.4. The van der Waals surface area contributed by atoms with Crippen molar-refractivity contribution in [2.45, 2.75) is 4.90 Å². The minimum absolute atomic E-state index is 0.0331. The Morgan fingerprint density at radius 1 is 0.850 bits per heavy atom. The van der Waals surface area contributed by atoms with Gasteiger partial charge in [0.2, 0.25) is 17.2 Å². The summed E-state index contributed by atoms with van der Waals surface area (Å²) in [6, 6.07) is 13.6. The summed E-state index contributed by atoms with van der Waals surface area (Å²) in [5, 5.41) is 17.6. The molecule has 15 heteroatoms. The van der Waals surface area contributed by atoms with Crippen molar-refractivity contribution in [2.75, 3.05) is 34.8 Å². The number of benzene rings is 3. The van der Waals surface area contributed by atoms with Gasteiger partial charge in [-0.05, 0) is 41.9 Å². The number of nitrogens with zero attached hydrogens (tertiary/aromatic N) is 3. The highest BCUT2D eigenvalue weighted by atomic mass is 35.5. The Morgan fingerprint density at radius 2 is 1.43 bits per heavy atom. The van der Waals surface area contributed by atoms with Crippen LogP contribution in [0.1, 0.15) is 31.8 Å². The third-order valence-corrected chi connectivity index (χ3v) is 6.96. The van der Waals surface area contributed by atoms with Crippen LogP contribution in [0.2, 0.25) is 5.28 Å². The second-order valence-corrected chi connectivity index (χ2v) is 10.2. The number of nitrogen functional groups attached to an aromatic ring is 1. The molecule has 0 spiro atoms. The quantitative estimate of drug-likeness (QED) is 0.115. The highest BCUT2D eigenvalue weighted by molar-refractivity contribution is 7.86. The molecule has 3 aromatic carbocycles. The molecule has 0 saturated heterocycles. The highest BCUT2D eigenvalue weighted by Gasteiger charge is 2.36. The van der Waals surface area contributed by atoms with Gasteiger partial charge < -0.3 is 26.8 Å². The standard InChI is InChI=1S/C25H20ClN7O6S/c26-23-31-24(28-9-10-34)33-25(32-23)30-13-7-5-12(6-8-13)29-16-11-17(40(37,38)39)20(27)19-18(16)21(35)14-3-1-2-4-15(14)22(19)36/h1-8,11,29,34H,9-10,27H2,(H,37,38,39)(H2,28,30,31,32,33). The van der Waals surface area contributed by atoms with Crippen molar-refractivity contribution in [1.82, 2.24) is 15.0 Å². The van der Waals surface area contributed by atoms with Crippen LogP contribution in [0.5, 0.6) is 0 Å². The largest absolute Gasteiger partial charge is 0.397 e. The lowest BCUT2D eigenvalue weighted by molar-refractivity contribution is 0.0980. The van der Waals surface area contributed by atoms with Crippen LogP contribution in [0.25, 0.3) is 0 Å². The Bertz CT molecular complexity index is 1780. The van der Waals surface area contributed by atoms with Crippen molar-refractivity contribution in [3.05, 3.63) is 82.1 Å². The van der Waals surface area contributed by atoms with E-state index in [4.69, 9.17) is 22.4 Å². The molecule has 0 bridgehead atoms. The number of hydrogen-bond donors (Lipinski definition) is 6. The zero-order valence-electron chi connectivity index (χ0n) is 20.3. The predicted octanol–water partition coefficient (Wildman–Crippen LogP) is 3.02. The van der Waals surface area contributed by atoms with Gasteiger partial charge in [0.15, 0.2) is 11.6 Å². The van der Waals surface area contributed by atoms with Crippen molar-refractivity contribution < 1.29 is 27.7 Å². The first kappa shape index (κ1) is 27.0. The Balaban J connectivity index is 1.49. The van der Waals surface area contributed by atoms with Crippen LogP contribution < -0.4 is 21.7 Å². The Morgan fingerprint density at radius 3 is 2.02 bits per heavy atom. The molecule has 4 aromatic rings. The van der Waals surface area contributed by atoms with Gasteiger partial charge in [-0.1, -0.05) is 24.3 Å². The summed E-state index contributed by atoms with van der Waals surface area (Å²) in [4.78, 5) is 38.1. The van der Waals surface area contributed by atoms with Gasteiger partial charge in [-0.3, -0.25) is 14.1 Å². The molecule has 204 valence electrons. The lowest BCUT2D eigenvalue weighted by atomic mass is 9.82. The summed E-state index contributed by atoms with van der Waals surface area (Å²) in [7, 11) is -4.84. The van der Waals surface area contributed by atoms with E-state index in [2.05, 4.69) is 30.9 Å². The zero-order valence-corrected chi connectivity index (χ0v) is 21.9. The Kier molecular flexibility index (Phi) is 7.08. The molecule has 1 aliphatic carbocycles. The van der Waals surface area contributed by atoms with E-state index in [1.807, 2.05) is 0 Å². The van der Waals surface area contributed by atoms with Crippen LogP contribution in [0.15, 0.2) is 59.5 Å². The average Bonchev–Trinajstić information content (AvgIpc) is 2.91. The normalized spacial score (nSPS) is 12.5. The Hall–Kier alpha value is -4.63. The van der Waals surface area contributed by atoms with E-state index in [1.165, 1.54) is 12.1 Å². The number of rotatable bonds is 8. The number of hydrogen-bond acceptors (Lipinski definition) is 12. The van der Waals surface area contributed by atoms with Crippen LogP contribution >= 0.6 is 11.6 Å². The molecule has 1 aliphatic rings. The van der Waals surface area contributed by atoms with Crippen LogP contribution in [0.3, 0.4) is 0 Å². The molecule has 1 heterocycles. The van der Waals surface area contributed by atoms with E-state index in [9.17, 15) is 22.6 Å². The summed E-state index contributed by atoms with van der Waals surface area (Å²) in [6.45, 7) is 0.0870. The predicted molar refractivity (Wildman–Crippen MR) is 147 cm³/mol. The van der Waals surface area contributed by atoms with Crippen LogP contribution in [0.4, 0.5) is 34.6 Å². The molecule has 0 fully saturated rings. The van der Waals surface area contributed by atoms with Crippen LogP contribution in [-0.4, -0.2) is 57.7 Å². The maximum absolute atomic E-state index is 13.4. The maximum Gasteiger partial charge on any atom is 0.296 e. The molecule has 0 amide bonds. The molecular weight excluding hydrogens is 562 g/mol. The number of halogens is 1. The van der Waals surface area contributed by atoms with E-state index in [1.54, 1.807) is 36.4 Å².